The molecule has 208 valence electrons. The number of nitrogen functional groups attached to an aromatic ring is 1. The molecular formula is C28H29ClF3N3O3S. The van der Waals surface area contributed by atoms with E-state index in [0.717, 1.165) is 10.8 Å². The normalized spacial score (nSPS) is 16.1. The number of halogens is 4. The molecule has 1 saturated heterocycles. The first-order valence-corrected chi connectivity index (χ1v) is 13.0. The van der Waals surface area contributed by atoms with Gasteiger partial charge in [0.2, 0.25) is 0 Å². The fraction of sp³-hybridized carbons (Fsp3) is 0.357. The molecule has 4 rings (SSSR count). The van der Waals surface area contributed by atoms with E-state index >= 15 is 4.39 Å². The first-order valence-electron chi connectivity index (χ1n) is 12.2. The van der Waals surface area contributed by atoms with Crippen LogP contribution in [0.4, 0.5) is 23.7 Å². The second kappa shape index (κ2) is 11.1. The molecule has 0 aliphatic carbocycles. The molecule has 1 heterocycles. The summed E-state index contributed by atoms with van der Waals surface area (Å²) in [5.74, 6) is -0.320. The third kappa shape index (κ3) is 5.86. The van der Waals surface area contributed by atoms with E-state index in [-0.39, 0.29) is 46.5 Å². The number of anilines is 1. The quantitative estimate of drug-likeness (QED) is 0.272. The number of hydrogen-bond acceptors (Lipinski definition) is 5. The van der Waals surface area contributed by atoms with Crippen molar-refractivity contribution < 1.29 is 27.4 Å². The lowest BCUT2D eigenvalue weighted by Crippen LogP contribution is -2.59. The Kier molecular flexibility index (Phi) is 8.18. The van der Waals surface area contributed by atoms with E-state index in [1.807, 2.05) is 30.3 Å². The summed E-state index contributed by atoms with van der Waals surface area (Å²) in [6.07, 6.45) is -3.54. The number of piperazine rings is 1. The smallest absolute Gasteiger partial charge is 0.410 e. The largest absolute Gasteiger partial charge is 0.497 e. The van der Waals surface area contributed by atoms with Crippen LogP contribution in [0.25, 0.3) is 21.9 Å². The van der Waals surface area contributed by atoms with Crippen molar-refractivity contribution in [3.8, 4) is 16.9 Å². The lowest BCUT2D eigenvalue weighted by atomic mass is 9.95. The predicted molar refractivity (Wildman–Crippen MR) is 151 cm³/mol. The number of nitrogens with zero attached hydrogens (tertiary/aromatic N) is 2. The standard InChI is InChI=1S/C28H29ClF3N3O3S/c1-28(2,3)38-27(36)34-9-10-35(21(14-34)25(31)32)26(39)19-13-20(29)22(23(30)24(19)33)18-12-16(37-4)11-15-7-5-6-8-17(15)18/h5-8,11-13,21,25H,9-10,14,33H2,1-4H3. The molecule has 39 heavy (non-hydrogen) atoms. The zero-order valence-corrected chi connectivity index (χ0v) is 23.5. The minimum absolute atomic E-state index is 0.0124. The summed E-state index contributed by atoms with van der Waals surface area (Å²) in [5.41, 5.74) is 5.69. The number of alkyl halides is 2. The molecule has 1 aliphatic rings. The minimum atomic E-state index is -2.85. The highest BCUT2D eigenvalue weighted by Crippen LogP contribution is 2.41. The number of rotatable bonds is 4. The molecule has 1 atom stereocenters. The maximum atomic E-state index is 15.9. The summed E-state index contributed by atoms with van der Waals surface area (Å²) in [4.78, 5) is 14.9. The van der Waals surface area contributed by atoms with Gasteiger partial charge in [-0.3, -0.25) is 0 Å². The number of amides is 1. The molecule has 2 N–H and O–H groups in total. The number of carbonyl (C=O) groups is 1. The summed E-state index contributed by atoms with van der Waals surface area (Å²) < 4.78 is 55.0. The van der Waals surface area contributed by atoms with E-state index in [4.69, 9.17) is 39.0 Å². The Bertz CT molecular complexity index is 1430. The number of fused-ring (bicyclic) bond motifs is 1. The van der Waals surface area contributed by atoms with E-state index < -0.39 is 30.0 Å². The maximum absolute atomic E-state index is 15.9. The van der Waals surface area contributed by atoms with Gasteiger partial charge in [0.15, 0.2) is 5.82 Å². The van der Waals surface area contributed by atoms with Gasteiger partial charge in [-0.05, 0) is 55.3 Å². The van der Waals surface area contributed by atoms with Gasteiger partial charge in [0.25, 0.3) is 6.43 Å². The molecule has 1 fully saturated rings. The van der Waals surface area contributed by atoms with Gasteiger partial charge >= 0.3 is 6.09 Å². The van der Waals surface area contributed by atoms with E-state index in [0.29, 0.717) is 11.3 Å². The molecule has 1 unspecified atom stereocenters. The Morgan fingerprint density at radius 2 is 1.87 bits per heavy atom. The van der Waals surface area contributed by atoms with Crippen LogP contribution in [-0.2, 0) is 4.74 Å². The first kappa shape index (κ1) is 28.8. The molecule has 0 bridgehead atoms. The van der Waals surface area contributed by atoms with E-state index in [9.17, 15) is 13.6 Å². The molecular weight excluding hydrogens is 551 g/mol. The summed E-state index contributed by atoms with van der Waals surface area (Å²) in [5, 5.41) is 1.55. The lowest BCUT2D eigenvalue weighted by Gasteiger charge is -2.42. The van der Waals surface area contributed by atoms with Crippen molar-refractivity contribution in [1.29, 1.82) is 0 Å². The summed E-state index contributed by atoms with van der Waals surface area (Å²) >= 11 is 12.2. The van der Waals surface area contributed by atoms with Gasteiger partial charge in [-0.2, -0.15) is 0 Å². The average molecular weight is 580 g/mol. The van der Waals surface area contributed by atoms with Crippen molar-refractivity contribution in [2.75, 3.05) is 32.5 Å². The maximum Gasteiger partial charge on any atom is 0.410 e. The van der Waals surface area contributed by atoms with Crippen LogP contribution < -0.4 is 10.5 Å². The van der Waals surface area contributed by atoms with Crippen molar-refractivity contribution in [2.45, 2.75) is 38.8 Å². The Balaban J connectivity index is 1.70. The van der Waals surface area contributed by atoms with Crippen molar-refractivity contribution in [3.05, 3.63) is 58.9 Å². The molecule has 3 aromatic carbocycles. The van der Waals surface area contributed by atoms with Gasteiger partial charge in [0, 0.05) is 24.2 Å². The van der Waals surface area contributed by atoms with Gasteiger partial charge in [0.1, 0.15) is 22.4 Å². The van der Waals surface area contributed by atoms with E-state index in [1.54, 1.807) is 26.8 Å². The Morgan fingerprint density at radius 1 is 1.18 bits per heavy atom. The zero-order valence-electron chi connectivity index (χ0n) is 21.9. The van der Waals surface area contributed by atoms with Crippen LogP contribution in [-0.4, -0.2) is 65.7 Å². The molecule has 3 aromatic rings. The van der Waals surface area contributed by atoms with Crippen LogP contribution in [0.15, 0.2) is 42.5 Å². The number of carbonyl (C=O) groups excluding carboxylic acids is 1. The zero-order chi connectivity index (χ0) is 28.6. The highest BCUT2D eigenvalue weighted by Gasteiger charge is 2.39. The summed E-state index contributed by atoms with van der Waals surface area (Å²) in [6.45, 7) is 4.83. The summed E-state index contributed by atoms with van der Waals surface area (Å²) in [7, 11) is 1.50. The van der Waals surface area contributed by atoms with Gasteiger partial charge in [-0.1, -0.05) is 48.1 Å². The third-order valence-electron chi connectivity index (χ3n) is 6.45. The average Bonchev–Trinajstić information content (AvgIpc) is 2.88. The highest BCUT2D eigenvalue weighted by atomic mass is 35.5. The van der Waals surface area contributed by atoms with Crippen molar-refractivity contribution >= 4 is 51.4 Å². The molecule has 11 heteroatoms. The molecule has 0 saturated carbocycles. The highest BCUT2D eigenvalue weighted by molar-refractivity contribution is 7.80. The number of hydrogen-bond donors (Lipinski definition) is 1. The van der Waals surface area contributed by atoms with Crippen molar-refractivity contribution in [2.24, 2.45) is 0 Å². The Labute approximate surface area is 235 Å². The number of methoxy groups -OCH3 is 1. The van der Waals surface area contributed by atoms with Crippen LogP contribution in [0.5, 0.6) is 5.75 Å². The molecule has 1 amide bonds. The van der Waals surface area contributed by atoms with Gasteiger partial charge in [0.05, 0.1) is 24.4 Å². The molecule has 0 aromatic heterocycles. The third-order valence-corrected chi connectivity index (χ3v) is 7.20. The fourth-order valence-electron chi connectivity index (χ4n) is 4.59. The predicted octanol–water partition coefficient (Wildman–Crippen LogP) is 6.75. The Morgan fingerprint density at radius 3 is 2.51 bits per heavy atom. The number of thiocarbonyl (C=S) groups is 1. The monoisotopic (exact) mass is 579 g/mol. The lowest BCUT2D eigenvalue weighted by molar-refractivity contribution is -0.0140. The van der Waals surface area contributed by atoms with Crippen LogP contribution in [0.2, 0.25) is 5.02 Å². The van der Waals surface area contributed by atoms with Crippen LogP contribution in [0, 0.1) is 5.82 Å². The Hall–Kier alpha value is -3.24. The molecule has 1 aliphatic heterocycles. The number of benzene rings is 3. The number of ether oxygens (including phenoxy) is 2. The minimum Gasteiger partial charge on any atom is -0.497 e. The van der Waals surface area contributed by atoms with Crippen LogP contribution in [0.3, 0.4) is 0 Å². The second-order valence-corrected chi connectivity index (χ2v) is 11.0. The molecule has 6 nitrogen and oxygen atoms in total. The second-order valence-electron chi connectivity index (χ2n) is 10.2. The molecule has 0 radical (unpaired) electrons. The van der Waals surface area contributed by atoms with Crippen LogP contribution >= 0.6 is 23.8 Å². The van der Waals surface area contributed by atoms with Gasteiger partial charge < -0.3 is 25.0 Å². The van der Waals surface area contributed by atoms with Gasteiger partial charge in [-0.25, -0.2) is 18.0 Å². The van der Waals surface area contributed by atoms with E-state index in [1.165, 1.54) is 23.0 Å². The molecule has 0 spiro atoms. The van der Waals surface area contributed by atoms with Crippen LogP contribution in [0.1, 0.15) is 26.3 Å². The van der Waals surface area contributed by atoms with E-state index in [2.05, 4.69) is 0 Å². The van der Waals surface area contributed by atoms with Crippen molar-refractivity contribution in [1.82, 2.24) is 9.80 Å². The topological polar surface area (TPSA) is 68.0 Å². The summed E-state index contributed by atoms with van der Waals surface area (Å²) in [6, 6.07) is 10.8. The SMILES string of the molecule is COc1cc(-c2c(Cl)cc(C(=S)N3CCN(C(=O)OC(C)(C)C)CC3C(F)F)c(N)c2F)c2ccccc2c1. The first-order chi connectivity index (χ1) is 18.3. The van der Waals surface area contributed by atoms with Crippen molar-refractivity contribution in [3.63, 3.8) is 0 Å². The van der Waals surface area contributed by atoms with Gasteiger partial charge in [-0.15, -0.1) is 0 Å². The fourth-order valence-corrected chi connectivity index (χ4v) is 5.28. The number of nitrogens with two attached hydrogens (primary N) is 1.